The highest BCUT2D eigenvalue weighted by Gasteiger charge is 2.13. The molecule has 3 nitrogen and oxygen atoms in total. The van der Waals surface area contributed by atoms with Crippen molar-refractivity contribution in [3.05, 3.63) is 47.8 Å². The third-order valence-corrected chi connectivity index (χ3v) is 2.71. The van der Waals surface area contributed by atoms with E-state index in [1.54, 1.807) is 18.2 Å². The first-order valence-electron chi connectivity index (χ1n) is 6.35. The van der Waals surface area contributed by atoms with Crippen LogP contribution in [0.1, 0.15) is 13.8 Å². The number of para-hydroxylation sites is 1. The summed E-state index contributed by atoms with van der Waals surface area (Å²) in [5, 5.41) is 2.64. The summed E-state index contributed by atoms with van der Waals surface area (Å²) >= 11 is 0. The van der Waals surface area contributed by atoms with E-state index in [2.05, 4.69) is 5.32 Å². The summed E-state index contributed by atoms with van der Waals surface area (Å²) < 4.78 is 45.2. The highest BCUT2D eigenvalue weighted by atomic mass is 19.2. The zero-order valence-electron chi connectivity index (χ0n) is 11.6. The number of hydrogen-bond donors (Lipinski definition) is 2. The Labute approximate surface area is 120 Å². The second-order valence-electron chi connectivity index (χ2n) is 4.76. The van der Waals surface area contributed by atoms with E-state index < -0.39 is 17.5 Å². The fourth-order valence-electron chi connectivity index (χ4n) is 1.77. The molecule has 0 atom stereocenters. The van der Waals surface area contributed by atoms with E-state index in [4.69, 9.17) is 10.5 Å². The van der Waals surface area contributed by atoms with Crippen LogP contribution in [0.15, 0.2) is 30.3 Å². The Morgan fingerprint density at radius 1 is 1.00 bits per heavy atom. The maximum atomic E-state index is 13.6. The minimum atomic E-state index is -1.25. The Bertz CT molecular complexity index is 660. The van der Waals surface area contributed by atoms with E-state index >= 15 is 0 Å². The van der Waals surface area contributed by atoms with Crippen molar-refractivity contribution >= 4 is 17.1 Å². The number of hydrogen-bond acceptors (Lipinski definition) is 3. The Morgan fingerprint density at radius 2 is 1.67 bits per heavy atom. The zero-order valence-corrected chi connectivity index (χ0v) is 11.6. The van der Waals surface area contributed by atoms with Gasteiger partial charge in [-0.2, -0.15) is 0 Å². The van der Waals surface area contributed by atoms with Crippen molar-refractivity contribution in [3.63, 3.8) is 0 Å². The van der Waals surface area contributed by atoms with Gasteiger partial charge >= 0.3 is 0 Å². The molecular weight excluding hydrogens is 281 g/mol. The maximum absolute atomic E-state index is 13.6. The van der Waals surface area contributed by atoms with E-state index in [0.717, 1.165) is 6.07 Å². The van der Waals surface area contributed by atoms with Crippen molar-refractivity contribution in [2.24, 2.45) is 0 Å². The molecule has 21 heavy (non-hydrogen) atoms. The lowest BCUT2D eigenvalue weighted by Crippen LogP contribution is -2.08. The van der Waals surface area contributed by atoms with Gasteiger partial charge in [-0.15, -0.1) is 0 Å². The van der Waals surface area contributed by atoms with Crippen LogP contribution in [0.25, 0.3) is 0 Å². The molecular formula is C15H15F3N2O. The maximum Gasteiger partial charge on any atom is 0.161 e. The van der Waals surface area contributed by atoms with Crippen LogP contribution in [0.2, 0.25) is 0 Å². The smallest absolute Gasteiger partial charge is 0.161 e. The highest BCUT2D eigenvalue weighted by Crippen LogP contribution is 2.33. The van der Waals surface area contributed by atoms with Crippen molar-refractivity contribution in [1.82, 2.24) is 0 Å². The number of rotatable bonds is 4. The van der Waals surface area contributed by atoms with Crippen molar-refractivity contribution < 1.29 is 17.9 Å². The quantitative estimate of drug-likeness (QED) is 0.656. The standard InChI is InChI=1S/C15H15F3N2O/c1-8(2)21-14-5-3-4-12(15(14)19)20-13-7-10(17)9(16)6-11(13)18/h3-8,20H,19H2,1-2H3. The van der Waals surface area contributed by atoms with Crippen LogP contribution >= 0.6 is 0 Å². The van der Waals surface area contributed by atoms with E-state index in [0.29, 0.717) is 17.5 Å². The van der Waals surface area contributed by atoms with Gasteiger partial charge in [-0.25, -0.2) is 13.2 Å². The van der Waals surface area contributed by atoms with Gasteiger partial charge in [0.05, 0.1) is 23.2 Å². The number of nitrogen functional groups attached to an aromatic ring is 1. The summed E-state index contributed by atoms with van der Waals surface area (Å²) in [7, 11) is 0. The van der Waals surface area contributed by atoms with Crippen LogP contribution in [-0.4, -0.2) is 6.10 Å². The predicted molar refractivity (Wildman–Crippen MR) is 76.2 cm³/mol. The summed E-state index contributed by atoms with van der Waals surface area (Å²) in [5.41, 5.74) is 6.32. The van der Waals surface area contributed by atoms with Crippen molar-refractivity contribution in [2.45, 2.75) is 20.0 Å². The molecule has 0 spiro atoms. The minimum Gasteiger partial charge on any atom is -0.489 e. The topological polar surface area (TPSA) is 47.3 Å². The Kier molecular flexibility index (Phi) is 4.26. The molecule has 0 unspecified atom stereocenters. The molecule has 0 aliphatic rings. The lowest BCUT2D eigenvalue weighted by atomic mass is 10.2. The molecule has 2 rings (SSSR count). The van der Waals surface area contributed by atoms with Crippen molar-refractivity contribution in [3.8, 4) is 5.75 Å². The summed E-state index contributed by atoms with van der Waals surface area (Å²) in [6.07, 6.45) is -0.0810. The molecule has 2 aromatic carbocycles. The molecule has 0 aliphatic heterocycles. The molecule has 0 fully saturated rings. The lowest BCUT2D eigenvalue weighted by molar-refractivity contribution is 0.244. The molecule has 0 radical (unpaired) electrons. The van der Waals surface area contributed by atoms with Gasteiger partial charge in [-0.3, -0.25) is 0 Å². The molecule has 2 aromatic rings. The first-order chi connectivity index (χ1) is 9.88. The number of anilines is 3. The highest BCUT2D eigenvalue weighted by molar-refractivity contribution is 5.77. The Morgan fingerprint density at radius 3 is 2.33 bits per heavy atom. The number of nitrogens with two attached hydrogens (primary N) is 1. The van der Waals surface area contributed by atoms with Gasteiger partial charge in [0.15, 0.2) is 11.6 Å². The molecule has 0 amide bonds. The normalized spacial score (nSPS) is 10.8. The van der Waals surface area contributed by atoms with E-state index in [1.165, 1.54) is 0 Å². The zero-order chi connectivity index (χ0) is 15.6. The average Bonchev–Trinajstić information content (AvgIpc) is 2.40. The minimum absolute atomic E-state index is 0.0810. The van der Waals surface area contributed by atoms with Gasteiger partial charge in [0, 0.05) is 12.1 Å². The first-order valence-corrected chi connectivity index (χ1v) is 6.35. The van der Waals surface area contributed by atoms with E-state index in [-0.39, 0.29) is 17.5 Å². The number of ether oxygens (including phenoxy) is 1. The van der Waals surface area contributed by atoms with E-state index in [1.807, 2.05) is 13.8 Å². The largest absolute Gasteiger partial charge is 0.489 e. The summed E-state index contributed by atoms with van der Waals surface area (Å²) in [6.45, 7) is 3.68. The summed E-state index contributed by atoms with van der Waals surface area (Å²) in [4.78, 5) is 0. The second kappa shape index (κ2) is 5.95. The first kappa shape index (κ1) is 15.0. The van der Waals surface area contributed by atoms with E-state index in [9.17, 15) is 13.2 Å². The third-order valence-electron chi connectivity index (χ3n) is 2.71. The van der Waals surface area contributed by atoms with Crippen LogP contribution < -0.4 is 15.8 Å². The van der Waals surface area contributed by atoms with Crippen molar-refractivity contribution in [1.29, 1.82) is 0 Å². The SMILES string of the molecule is CC(C)Oc1cccc(Nc2cc(F)c(F)cc2F)c1N. The Balaban J connectivity index is 2.34. The summed E-state index contributed by atoms with van der Waals surface area (Å²) in [6, 6.07) is 6.13. The molecule has 0 aliphatic carbocycles. The molecule has 112 valence electrons. The predicted octanol–water partition coefficient (Wildman–Crippen LogP) is 4.22. The monoisotopic (exact) mass is 296 g/mol. The average molecular weight is 296 g/mol. The van der Waals surface area contributed by atoms with Crippen LogP contribution in [-0.2, 0) is 0 Å². The van der Waals surface area contributed by atoms with Gasteiger partial charge in [0.2, 0.25) is 0 Å². The van der Waals surface area contributed by atoms with Gasteiger partial charge in [-0.05, 0) is 26.0 Å². The van der Waals surface area contributed by atoms with Gasteiger partial charge in [-0.1, -0.05) is 6.07 Å². The molecule has 0 aromatic heterocycles. The van der Waals surface area contributed by atoms with Crippen LogP contribution in [0.5, 0.6) is 5.75 Å². The van der Waals surface area contributed by atoms with Crippen LogP contribution in [0.4, 0.5) is 30.2 Å². The fourth-order valence-corrected chi connectivity index (χ4v) is 1.77. The third kappa shape index (κ3) is 3.39. The molecule has 3 N–H and O–H groups in total. The lowest BCUT2D eigenvalue weighted by Gasteiger charge is -2.16. The van der Waals surface area contributed by atoms with Crippen LogP contribution in [0, 0.1) is 17.5 Å². The molecule has 6 heteroatoms. The second-order valence-corrected chi connectivity index (χ2v) is 4.76. The number of nitrogens with one attached hydrogen (secondary N) is 1. The molecule has 0 heterocycles. The van der Waals surface area contributed by atoms with Gasteiger partial charge in [0.1, 0.15) is 11.6 Å². The van der Waals surface area contributed by atoms with Crippen LogP contribution in [0.3, 0.4) is 0 Å². The fraction of sp³-hybridized carbons (Fsp3) is 0.200. The van der Waals surface area contributed by atoms with Gasteiger partial charge in [0.25, 0.3) is 0 Å². The number of halogens is 3. The van der Waals surface area contributed by atoms with Crippen molar-refractivity contribution in [2.75, 3.05) is 11.1 Å². The Hall–Kier alpha value is -2.37. The molecule has 0 saturated carbocycles. The number of benzene rings is 2. The summed E-state index contributed by atoms with van der Waals surface area (Å²) in [5.74, 6) is -2.88. The molecule has 0 saturated heterocycles. The molecule has 0 bridgehead atoms. The van der Waals surface area contributed by atoms with Gasteiger partial charge < -0.3 is 15.8 Å².